The number of aliphatic hydroxyl groups is 1. The molecule has 0 bridgehead atoms. The predicted molar refractivity (Wildman–Crippen MR) is 99.2 cm³/mol. The Labute approximate surface area is 149 Å². The molecule has 2 unspecified atom stereocenters. The van der Waals surface area contributed by atoms with Gasteiger partial charge in [-0.05, 0) is 36.6 Å². The predicted octanol–water partition coefficient (Wildman–Crippen LogP) is 3.58. The van der Waals surface area contributed by atoms with E-state index in [0.717, 1.165) is 37.6 Å². The van der Waals surface area contributed by atoms with Crippen molar-refractivity contribution in [1.29, 1.82) is 0 Å². The average Bonchev–Trinajstić information content (AvgIpc) is 2.62. The molecule has 0 spiro atoms. The number of rotatable bonds is 5. The second kappa shape index (κ2) is 8.13. The van der Waals surface area contributed by atoms with E-state index in [1.54, 1.807) is 0 Å². The summed E-state index contributed by atoms with van der Waals surface area (Å²) in [6.07, 6.45) is 0.618. The summed E-state index contributed by atoms with van der Waals surface area (Å²) in [4.78, 5) is 4.65. The van der Waals surface area contributed by atoms with Gasteiger partial charge < -0.3 is 5.11 Å². The van der Waals surface area contributed by atoms with Crippen molar-refractivity contribution < 1.29 is 5.11 Å². The number of benzene rings is 2. The summed E-state index contributed by atoms with van der Waals surface area (Å²) in [7, 11) is 0. The molecule has 24 heavy (non-hydrogen) atoms. The fourth-order valence-corrected chi connectivity index (χ4v) is 3.53. The molecule has 0 saturated carbocycles. The molecule has 128 valence electrons. The maximum absolute atomic E-state index is 9.78. The van der Waals surface area contributed by atoms with E-state index in [-0.39, 0.29) is 6.23 Å². The number of piperazine rings is 1. The summed E-state index contributed by atoms with van der Waals surface area (Å²) in [5, 5.41) is 10.6. The van der Waals surface area contributed by atoms with Gasteiger partial charge in [0, 0.05) is 37.2 Å². The van der Waals surface area contributed by atoms with E-state index in [1.807, 2.05) is 19.1 Å². The second-order valence-electron chi connectivity index (χ2n) is 6.46. The van der Waals surface area contributed by atoms with Gasteiger partial charge in [-0.15, -0.1) is 0 Å². The van der Waals surface area contributed by atoms with E-state index in [1.165, 1.54) is 11.1 Å². The van der Waals surface area contributed by atoms with E-state index >= 15 is 0 Å². The molecule has 2 aromatic carbocycles. The number of hydrogen-bond donors (Lipinski definition) is 1. The van der Waals surface area contributed by atoms with Crippen LogP contribution in [-0.2, 0) is 6.42 Å². The van der Waals surface area contributed by atoms with Crippen molar-refractivity contribution in [3.8, 4) is 0 Å². The first kappa shape index (κ1) is 17.4. The first-order valence-corrected chi connectivity index (χ1v) is 8.97. The third-order valence-electron chi connectivity index (χ3n) is 4.84. The molecule has 0 radical (unpaired) electrons. The molecule has 2 atom stereocenters. The second-order valence-corrected chi connectivity index (χ2v) is 6.90. The van der Waals surface area contributed by atoms with Crippen LogP contribution in [0.15, 0.2) is 54.6 Å². The summed E-state index contributed by atoms with van der Waals surface area (Å²) in [5.74, 6) is 0. The lowest BCUT2D eigenvalue weighted by Gasteiger charge is -2.40. The van der Waals surface area contributed by atoms with E-state index in [4.69, 9.17) is 11.6 Å². The van der Waals surface area contributed by atoms with Crippen LogP contribution in [-0.4, -0.2) is 47.3 Å². The third kappa shape index (κ3) is 4.37. The van der Waals surface area contributed by atoms with E-state index < -0.39 is 0 Å². The van der Waals surface area contributed by atoms with Crippen molar-refractivity contribution >= 4 is 11.6 Å². The van der Waals surface area contributed by atoms with Gasteiger partial charge in [0.15, 0.2) is 0 Å². The molecular weight excluding hydrogens is 320 g/mol. The minimum Gasteiger partial charge on any atom is -0.379 e. The first-order valence-electron chi connectivity index (χ1n) is 8.59. The quantitative estimate of drug-likeness (QED) is 0.898. The fourth-order valence-electron chi connectivity index (χ4n) is 3.40. The van der Waals surface area contributed by atoms with E-state index in [9.17, 15) is 5.11 Å². The zero-order valence-electron chi connectivity index (χ0n) is 14.1. The molecular formula is C20H25ClN2O. The Balaban J connectivity index is 1.78. The molecule has 0 amide bonds. The monoisotopic (exact) mass is 344 g/mol. The highest BCUT2D eigenvalue weighted by Crippen LogP contribution is 2.27. The fraction of sp³-hybridized carbons (Fsp3) is 0.400. The maximum atomic E-state index is 9.78. The Bertz CT molecular complexity index is 622. The highest BCUT2D eigenvalue weighted by Gasteiger charge is 2.26. The van der Waals surface area contributed by atoms with Crippen molar-refractivity contribution in [3.05, 3.63) is 70.7 Å². The van der Waals surface area contributed by atoms with Crippen LogP contribution in [0.2, 0.25) is 5.02 Å². The molecule has 1 fully saturated rings. The standard InChI is InChI=1S/C20H25ClN2O/c1-16(24)22-11-13-23(14-12-22)20(15-17-5-3-2-4-6-17)18-7-9-19(21)10-8-18/h2-10,16,20,24H,11-15H2,1H3. The molecule has 1 aliphatic rings. The van der Waals surface area contributed by atoms with Crippen LogP contribution in [0.5, 0.6) is 0 Å². The molecule has 3 rings (SSSR count). The summed E-state index contributed by atoms with van der Waals surface area (Å²) in [6, 6.07) is 19.2. The smallest absolute Gasteiger partial charge is 0.104 e. The normalized spacial score (nSPS) is 19.1. The maximum Gasteiger partial charge on any atom is 0.104 e. The highest BCUT2D eigenvalue weighted by molar-refractivity contribution is 6.30. The van der Waals surface area contributed by atoms with Crippen LogP contribution in [0.3, 0.4) is 0 Å². The molecule has 1 aliphatic heterocycles. The largest absolute Gasteiger partial charge is 0.379 e. The van der Waals surface area contributed by atoms with Gasteiger partial charge in [-0.1, -0.05) is 54.1 Å². The first-order chi connectivity index (χ1) is 11.6. The molecule has 1 saturated heterocycles. The molecule has 3 nitrogen and oxygen atoms in total. The van der Waals surface area contributed by atoms with Crippen LogP contribution >= 0.6 is 11.6 Å². The summed E-state index contributed by atoms with van der Waals surface area (Å²) >= 11 is 6.07. The van der Waals surface area contributed by atoms with Crippen LogP contribution in [0.25, 0.3) is 0 Å². The van der Waals surface area contributed by atoms with Gasteiger partial charge in [0.1, 0.15) is 6.23 Å². The van der Waals surface area contributed by atoms with Gasteiger partial charge >= 0.3 is 0 Å². The van der Waals surface area contributed by atoms with Gasteiger partial charge in [-0.2, -0.15) is 0 Å². The van der Waals surface area contributed by atoms with Crippen molar-refractivity contribution in [2.75, 3.05) is 26.2 Å². The lowest BCUT2D eigenvalue weighted by Crippen LogP contribution is -2.50. The van der Waals surface area contributed by atoms with Crippen molar-refractivity contribution in [2.24, 2.45) is 0 Å². The van der Waals surface area contributed by atoms with Crippen molar-refractivity contribution in [3.63, 3.8) is 0 Å². The number of nitrogens with zero attached hydrogens (tertiary/aromatic N) is 2. The Morgan fingerprint density at radius 2 is 1.50 bits per heavy atom. The Hall–Kier alpha value is -1.39. The van der Waals surface area contributed by atoms with Gasteiger partial charge in [0.25, 0.3) is 0 Å². The van der Waals surface area contributed by atoms with Crippen molar-refractivity contribution in [1.82, 2.24) is 9.80 Å². The molecule has 1 heterocycles. The van der Waals surface area contributed by atoms with Crippen LogP contribution in [0.1, 0.15) is 24.1 Å². The van der Waals surface area contributed by atoms with Crippen molar-refractivity contribution in [2.45, 2.75) is 25.6 Å². The lowest BCUT2D eigenvalue weighted by atomic mass is 9.96. The lowest BCUT2D eigenvalue weighted by molar-refractivity contribution is -0.0214. The zero-order chi connectivity index (χ0) is 16.9. The Kier molecular flexibility index (Phi) is 5.90. The topological polar surface area (TPSA) is 26.7 Å². The molecule has 1 N–H and O–H groups in total. The number of aliphatic hydroxyl groups excluding tert-OH is 1. The van der Waals surface area contributed by atoms with Gasteiger partial charge in [-0.3, -0.25) is 9.80 Å². The average molecular weight is 345 g/mol. The van der Waals surface area contributed by atoms with Gasteiger partial charge in [0.2, 0.25) is 0 Å². The van der Waals surface area contributed by atoms with E-state index in [0.29, 0.717) is 6.04 Å². The summed E-state index contributed by atoms with van der Waals surface area (Å²) in [6.45, 7) is 5.57. The number of hydrogen-bond acceptors (Lipinski definition) is 3. The highest BCUT2D eigenvalue weighted by atomic mass is 35.5. The Morgan fingerprint density at radius 3 is 2.08 bits per heavy atom. The van der Waals surface area contributed by atoms with Crippen LogP contribution in [0, 0.1) is 0 Å². The molecule has 0 aliphatic carbocycles. The zero-order valence-corrected chi connectivity index (χ0v) is 14.9. The molecule has 4 heteroatoms. The minimum atomic E-state index is -0.366. The molecule has 0 aromatic heterocycles. The van der Waals surface area contributed by atoms with Gasteiger partial charge in [0.05, 0.1) is 0 Å². The summed E-state index contributed by atoms with van der Waals surface area (Å²) in [5.41, 5.74) is 2.64. The number of halogens is 1. The van der Waals surface area contributed by atoms with E-state index in [2.05, 4.69) is 52.3 Å². The molecule has 2 aromatic rings. The Morgan fingerprint density at radius 1 is 0.917 bits per heavy atom. The third-order valence-corrected chi connectivity index (χ3v) is 5.10. The SMILES string of the molecule is CC(O)N1CCN(C(Cc2ccccc2)c2ccc(Cl)cc2)CC1. The van der Waals surface area contributed by atoms with Crippen LogP contribution < -0.4 is 0 Å². The minimum absolute atomic E-state index is 0.334. The van der Waals surface area contributed by atoms with Gasteiger partial charge in [-0.25, -0.2) is 0 Å². The van der Waals surface area contributed by atoms with Crippen LogP contribution in [0.4, 0.5) is 0 Å². The summed E-state index contributed by atoms with van der Waals surface area (Å²) < 4.78 is 0.